The van der Waals surface area contributed by atoms with E-state index in [0.717, 1.165) is 4.09 Å². The van der Waals surface area contributed by atoms with Gasteiger partial charge in [-0.3, -0.25) is 0 Å². The molecule has 0 atom stereocenters. The van der Waals surface area contributed by atoms with Crippen LogP contribution in [0.1, 0.15) is 0 Å². The summed E-state index contributed by atoms with van der Waals surface area (Å²) in [5, 5.41) is 0. The Morgan fingerprint density at radius 2 is 2.57 bits per heavy atom. The van der Waals surface area contributed by atoms with Crippen molar-refractivity contribution in [2.24, 2.45) is 0 Å². The van der Waals surface area contributed by atoms with Gasteiger partial charge >= 0.3 is 5.76 Å². The van der Waals surface area contributed by atoms with E-state index in [1.807, 2.05) is 0 Å². The number of aromatic nitrogens is 1. The van der Waals surface area contributed by atoms with Crippen molar-refractivity contribution in [2.75, 3.05) is 0 Å². The molecular formula is C3H2ClNO2. The number of hydrogen-bond donors (Lipinski definition) is 0. The molecule has 0 radical (unpaired) electrons. The van der Waals surface area contributed by atoms with Crippen LogP contribution in [-0.4, -0.2) is 4.09 Å². The maximum absolute atomic E-state index is 10.1. The van der Waals surface area contributed by atoms with Gasteiger partial charge in [-0.15, -0.1) is 0 Å². The van der Waals surface area contributed by atoms with E-state index < -0.39 is 5.76 Å². The zero-order valence-corrected chi connectivity index (χ0v) is 4.05. The second kappa shape index (κ2) is 1.42. The highest BCUT2D eigenvalue weighted by molar-refractivity contribution is 6.15. The molecule has 0 saturated carbocycles. The van der Waals surface area contributed by atoms with Crippen LogP contribution in [0.4, 0.5) is 0 Å². The van der Waals surface area contributed by atoms with Gasteiger partial charge in [0.05, 0.1) is 6.20 Å². The summed E-state index contributed by atoms with van der Waals surface area (Å²) in [6.07, 6.45) is 2.54. The van der Waals surface area contributed by atoms with Gasteiger partial charge in [0.15, 0.2) is 0 Å². The molecule has 0 aliphatic rings. The number of rotatable bonds is 0. The molecule has 0 aliphatic heterocycles. The summed E-state index contributed by atoms with van der Waals surface area (Å²) >= 11 is 5.13. The Bertz CT molecular complexity index is 201. The van der Waals surface area contributed by atoms with Gasteiger partial charge < -0.3 is 4.42 Å². The fraction of sp³-hybridized carbons (Fsp3) is 0. The SMILES string of the molecule is O=c1occn1Cl. The second-order valence-corrected chi connectivity index (χ2v) is 1.34. The van der Waals surface area contributed by atoms with Crippen molar-refractivity contribution in [2.45, 2.75) is 0 Å². The summed E-state index contributed by atoms with van der Waals surface area (Å²) in [5.74, 6) is -0.554. The minimum absolute atomic E-state index is 0.554. The average molecular weight is 120 g/mol. The molecule has 0 saturated heterocycles. The first-order chi connectivity index (χ1) is 3.30. The molecular weight excluding hydrogens is 117 g/mol. The molecule has 1 aromatic rings. The highest BCUT2D eigenvalue weighted by Gasteiger charge is 1.87. The molecule has 0 amide bonds. The first-order valence-corrected chi connectivity index (χ1v) is 1.97. The van der Waals surface area contributed by atoms with Crippen molar-refractivity contribution < 1.29 is 4.42 Å². The van der Waals surface area contributed by atoms with Gasteiger partial charge in [0.2, 0.25) is 0 Å². The first-order valence-electron chi connectivity index (χ1n) is 1.63. The Balaban J connectivity index is 3.39. The van der Waals surface area contributed by atoms with E-state index >= 15 is 0 Å². The van der Waals surface area contributed by atoms with Crippen LogP contribution in [0.15, 0.2) is 21.7 Å². The first kappa shape index (κ1) is 4.46. The average Bonchev–Trinajstić information content (AvgIpc) is 1.91. The Labute approximate surface area is 44.2 Å². The summed E-state index contributed by atoms with van der Waals surface area (Å²) < 4.78 is 5.07. The lowest BCUT2D eigenvalue weighted by Gasteiger charge is -1.69. The molecule has 0 aliphatic carbocycles. The molecule has 0 N–H and O–H groups in total. The van der Waals surface area contributed by atoms with Crippen molar-refractivity contribution in [3.8, 4) is 0 Å². The lowest BCUT2D eigenvalue weighted by atomic mass is 11.0. The van der Waals surface area contributed by atoms with Crippen molar-refractivity contribution >= 4 is 11.8 Å². The Hall–Kier alpha value is -0.700. The third-order valence-electron chi connectivity index (χ3n) is 0.535. The van der Waals surface area contributed by atoms with Crippen LogP contribution in [0, 0.1) is 0 Å². The highest BCUT2D eigenvalue weighted by Crippen LogP contribution is 1.80. The van der Waals surface area contributed by atoms with Crippen LogP contribution < -0.4 is 5.76 Å². The smallest absolute Gasteiger partial charge is 0.415 e. The predicted molar refractivity (Wildman–Crippen MR) is 24.2 cm³/mol. The zero-order valence-electron chi connectivity index (χ0n) is 3.30. The molecule has 0 aromatic carbocycles. The molecule has 0 fully saturated rings. The molecule has 1 rings (SSSR count). The van der Waals surface area contributed by atoms with Gasteiger partial charge in [-0.25, -0.2) is 4.79 Å². The second-order valence-electron chi connectivity index (χ2n) is 0.980. The summed E-state index contributed by atoms with van der Waals surface area (Å²) in [5.41, 5.74) is 0. The van der Waals surface area contributed by atoms with E-state index in [2.05, 4.69) is 4.42 Å². The van der Waals surface area contributed by atoms with Crippen LogP contribution in [-0.2, 0) is 0 Å². The third kappa shape index (κ3) is 0.667. The van der Waals surface area contributed by atoms with Gasteiger partial charge in [0.25, 0.3) is 0 Å². The number of halogens is 1. The lowest BCUT2D eigenvalue weighted by molar-refractivity contribution is 0.510. The Morgan fingerprint density at radius 3 is 2.71 bits per heavy atom. The monoisotopic (exact) mass is 119 g/mol. The van der Waals surface area contributed by atoms with Crippen LogP contribution in [0.25, 0.3) is 0 Å². The molecule has 4 heteroatoms. The van der Waals surface area contributed by atoms with E-state index in [-0.39, 0.29) is 0 Å². The molecule has 0 unspecified atom stereocenters. The number of nitrogens with zero attached hydrogens (tertiary/aromatic N) is 1. The largest absolute Gasteiger partial charge is 0.433 e. The fourth-order valence-corrected chi connectivity index (χ4v) is 0.339. The lowest BCUT2D eigenvalue weighted by Crippen LogP contribution is -2.01. The standard InChI is InChI=1S/C3H2ClNO2/c4-5-1-2-7-3(5)6/h1-2H. The third-order valence-corrected chi connectivity index (χ3v) is 0.786. The van der Waals surface area contributed by atoms with Crippen LogP contribution in [0.5, 0.6) is 0 Å². The zero-order chi connectivity index (χ0) is 5.28. The molecule has 1 heterocycles. The molecule has 3 nitrogen and oxygen atoms in total. The van der Waals surface area contributed by atoms with Gasteiger partial charge in [0, 0.05) is 11.8 Å². The molecule has 1 aromatic heterocycles. The van der Waals surface area contributed by atoms with Crippen LogP contribution >= 0.6 is 11.8 Å². The Morgan fingerprint density at radius 1 is 1.86 bits per heavy atom. The summed E-state index contributed by atoms with van der Waals surface area (Å²) in [6, 6.07) is 0. The topological polar surface area (TPSA) is 35.1 Å². The van der Waals surface area contributed by atoms with Crippen LogP contribution in [0.3, 0.4) is 0 Å². The van der Waals surface area contributed by atoms with Crippen LogP contribution in [0.2, 0.25) is 0 Å². The van der Waals surface area contributed by atoms with Crippen molar-refractivity contribution in [3.05, 3.63) is 23.0 Å². The van der Waals surface area contributed by atoms with E-state index in [9.17, 15) is 4.79 Å². The molecule has 0 spiro atoms. The van der Waals surface area contributed by atoms with Crippen molar-refractivity contribution in [3.63, 3.8) is 0 Å². The van der Waals surface area contributed by atoms with Gasteiger partial charge in [-0.1, -0.05) is 0 Å². The summed E-state index contributed by atoms with van der Waals surface area (Å²) in [7, 11) is 0. The van der Waals surface area contributed by atoms with Crippen molar-refractivity contribution in [1.29, 1.82) is 0 Å². The maximum Gasteiger partial charge on any atom is 0.433 e. The summed E-state index contributed by atoms with van der Waals surface area (Å²) in [6.45, 7) is 0. The van der Waals surface area contributed by atoms with E-state index in [4.69, 9.17) is 11.8 Å². The summed E-state index contributed by atoms with van der Waals surface area (Å²) in [4.78, 5) is 10.1. The maximum atomic E-state index is 10.1. The minimum atomic E-state index is -0.554. The van der Waals surface area contributed by atoms with Crippen molar-refractivity contribution in [1.82, 2.24) is 4.09 Å². The number of oxazole rings is 1. The van der Waals surface area contributed by atoms with Gasteiger partial charge in [-0.05, 0) is 0 Å². The quantitative estimate of drug-likeness (QED) is 0.497. The molecule has 7 heavy (non-hydrogen) atoms. The van der Waals surface area contributed by atoms with Gasteiger partial charge in [0.1, 0.15) is 6.26 Å². The normalized spacial score (nSPS) is 9.29. The Kier molecular flexibility index (Phi) is 0.906. The number of hydrogen-bond acceptors (Lipinski definition) is 2. The van der Waals surface area contributed by atoms with E-state index in [1.54, 1.807) is 0 Å². The fourth-order valence-electron chi connectivity index (χ4n) is 0.253. The molecule has 0 bridgehead atoms. The van der Waals surface area contributed by atoms with E-state index in [1.165, 1.54) is 12.5 Å². The van der Waals surface area contributed by atoms with E-state index in [0.29, 0.717) is 0 Å². The predicted octanol–water partition coefficient (Wildman–Crippen LogP) is 0.443. The van der Waals surface area contributed by atoms with Gasteiger partial charge in [-0.2, -0.15) is 4.09 Å². The minimum Gasteiger partial charge on any atom is -0.415 e. The highest BCUT2D eigenvalue weighted by atomic mass is 35.5. The molecule has 38 valence electrons.